The lowest BCUT2D eigenvalue weighted by atomic mass is 10.2. The minimum Gasteiger partial charge on any atom is -0.478 e. The highest BCUT2D eigenvalue weighted by Gasteiger charge is 2.59. The largest absolute Gasteiger partial charge is 0.478 e. The number of carboxylic acids is 1. The van der Waals surface area contributed by atoms with Crippen LogP contribution in [0.3, 0.4) is 0 Å². The van der Waals surface area contributed by atoms with Crippen LogP contribution in [0.2, 0.25) is 0 Å². The van der Waals surface area contributed by atoms with Crippen molar-refractivity contribution in [2.75, 3.05) is 0 Å². The van der Waals surface area contributed by atoms with Gasteiger partial charge in [-0.05, 0) is 23.8 Å². The van der Waals surface area contributed by atoms with E-state index in [2.05, 4.69) is 4.74 Å². The molecule has 3 nitrogen and oxygen atoms in total. The third-order valence-corrected chi connectivity index (χ3v) is 2.13. The van der Waals surface area contributed by atoms with E-state index in [1.807, 2.05) is 0 Å². The van der Waals surface area contributed by atoms with E-state index in [1.54, 1.807) is 0 Å². The van der Waals surface area contributed by atoms with Crippen LogP contribution in [-0.2, 0) is 4.79 Å². The molecule has 0 saturated carbocycles. The molecule has 0 aliphatic rings. The molecule has 0 heterocycles. The summed E-state index contributed by atoms with van der Waals surface area (Å²) in [6.45, 7) is 0. The van der Waals surface area contributed by atoms with Gasteiger partial charge < -0.3 is 9.84 Å². The van der Waals surface area contributed by atoms with Crippen LogP contribution >= 0.6 is 0 Å². The van der Waals surface area contributed by atoms with E-state index in [4.69, 9.17) is 5.11 Å². The Morgan fingerprint density at radius 3 is 2.10 bits per heavy atom. The van der Waals surface area contributed by atoms with Crippen molar-refractivity contribution in [1.29, 1.82) is 0 Å². The molecule has 1 atom stereocenters. The Bertz CT molecular complexity index is 521. The summed E-state index contributed by atoms with van der Waals surface area (Å²) in [5, 5.41) is 8.36. The molecule has 1 rings (SSSR count). The fourth-order valence-electron chi connectivity index (χ4n) is 1.21. The Morgan fingerprint density at radius 1 is 1.14 bits per heavy atom. The lowest BCUT2D eigenvalue weighted by molar-refractivity contribution is -0.304. The second-order valence-electron chi connectivity index (χ2n) is 3.81. The molecule has 1 aromatic rings. The highest BCUT2D eigenvalue weighted by Crippen LogP contribution is 2.36. The number of benzene rings is 1. The van der Waals surface area contributed by atoms with Gasteiger partial charge in [-0.3, -0.25) is 0 Å². The number of aliphatic carboxylic acids is 1. The second-order valence-corrected chi connectivity index (χ2v) is 3.81. The molecule has 9 heteroatoms. The first kappa shape index (κ1) is 16.9. The average Bonchev–Trinajstić information content (AvgIpc) is 2.35. The fraction of sp³-hybridized carbons (Fsp3) is 0.250. The molecule has 1 unspecified atom stereocenters. The van der Waals surface area contributed by atoms with Crippen molar-refractivity contribution in [2.24, 2.45) is 0 Å². The molecule has 0 aromatic heterocycles. The summed E-state index contributed by atoms with van der Waals surface area (Å²) >= 11 is 0. The van der Waals surface area contributed by atoms with Gasteiger partial charge in [-0.25, -0.2) is 9.18 Å². The number of carbonyl (C=O) groups is 1. The monoisotopic (exact) mass is 314 g/mol. The van der Waals surface area contributed by atoms with Crippen molar-refractivity contribution >= 4 is 12.0 Å². The van der Waals surface area contributed by atoms with Gasteiger partial charge in [-0.2, -0.15) is 22.0 Å². The van der Waals surface area contributed by atoms with Gasteiger partial charge in [0.05, 0.1) is 0 Å². The third kappa shape index (κ3) is 5.01. The maximum atomic E-state index is 12.9. The predicted octanol–water partition coefficient (Wildman–Crippen LogP) is 3.66. The molecule has 0 saturated heterocycles. The topological polar surface area (TPSA) is 46.5 Å². The van der Waals surface area contributed by atoms with Gasteiger partial charge in [0.25, 0.3) is 6.17 Å². The molecule has 0 fully saturated rings. The highest BCUT2D eigenvalue weighted by molar-refractivity contribution is 5.85. The lowest BCUT2D eigenvalue weighted by Crippen LogP contribution is -2.45. The van der Waals surface area contributed by atoms with Crippen molar-refractivity contribution in [2.45, 2.75) is 18.5 Å². The first-order valence-corrected chi connectivity index (χ1v) is 5.31. The SMILES string of the molecule is O=C(O)C=Cc1ccc(OC(F)(F)C(F)C(F)(F)F)cc1. The lowest BCUT2D eigenvalue weighted by Gasteiger charge is -2.23. The second kappa shape index (κ2) is 6.06. The third-order valence-electron chi connectivity index (χ3n) is 2.13. The maximum Gasteiger partial charge on any atom is 0.439 e. The van der Waals surface area contributed by atoms with Gasteiger partial charge in [-0.1, -0.05) is 12.1 Å². The standard InChI is InChI=1S/C12H8F6O3/c13-10(11(14,15)16)12(17,18)21-8-4-1-7(2-5-8)3-6-9(19)20/h1-6,10H,(H,19,20). The molecule has 0 bridgehead atoms. The molecule has 116 valence electrons. The minimum atomic E-state index is -5.76. The van der Waals surface area contributed by atoms with Crippen LogP contribution < -0.4 is 4.74 Å². The van der Waals surface area contributed by atoms with Crippen LogP contribution in [-0.4, -0.2) is 29.5 Å². The van der Waals surface area contributed by atoms with Gasteiger partial charge in [0, 0.05) is 6.08 Å². The molecule has 0 aliphatic heterocycles. The van der Waals surface area contributed by atoms with Gasteiger partial charge in [0.15, 0.2) is 0 Å². The summed E-state index contributed by atoms with van der Waals surface area (Å²) in [5.41, 5.74) is 0.278. The summed E-state index contributed by atoms with van der Waals surface area (Å²) in [7, 11) is 0. The smallest absolute Gasteiger partial charge is 0.439 e. The molecular formula is C12H8F6O3. The molecule has 0 amide bonds. The van der Waals surface area contributed by atoms with Crippen LogP contribution in [0.1, 0.15) is 5.56 Å². The number of hydrogen-bond donors (Lipinski definition) is 1. The number of hydrogen-bond acceptors (Lipinski definition) is 2. The molecule has 0 spiro atoms. The molecule has 21 heavy (non-hydrogen) atoms. The normalized spacial score (nSPS) is 14.2. The van der Waals surface area contributed by atoms with E-state index in [-0.39, 0.29) is 5.56 Å². The van der Waals surface area contributed by atoms with Gasteiger partial charge >= 0.3 is 18.3 Å². The minimum absolute atomic E-state index is 0.278. The number of ether oxygens (including phenoxy) is 1. The van der Waals surface area contributed by atoms with Crippen LogP contribution in [0, 0.1) is 0 Å². The van der Waals surface area contributed by atoms with Crippen LogP contribution in [0.15, 0.2) is 30.3 Å². The van der Waals surface area contributed by atoms with Crippen molar-refractivity contribution in [3.8, 4) is 5.75 Å². The highest BCUT2D eigenvalue weighted by atomic mass is 19.4. The van der Waals surface area contributed by atoms with E-state index in [1.165, 1.54) is 0 Å². The van der Waals surface area contributed by atoms with Crippen LogP contribution in [0.4, 0.5) is 26.3 Å². The molecule has 1 N–H and O–H groups in total. The molecular weight excluding hydrogens is 306 g/mol. The number of rotatable bonds is 5. The molecule has 0 radical (unpaired) electrons. The zero-order chi connectivity index (χ0) is 16.3. The Morgan fingerprint density at radius 2 is 1.67 bits per heavy atom. The number of alkyl halides is 6. The average molecular weight is 314 g/mol. The predicted molar refractivity (Wildman–Crippen MR) is 59.6 cm³/mol. The zero-order valence-electron chi connectivity index (χ0n) is 10.1. The van der Waals surface area contributed by atoms with Crippen molar-refractivity contribution in [3.05, 3.63) is 35.9 Å². The van der Waals surface area contributed by atoms with Gasteiger partial charge in [-0.15, -0.1) is 0 Å². The van der Waals surface area contributed by atoms with Crippen LogP contribution in [0.5, 0.6) is 5.75 Å². The first-order valence-electron chi connectivity index (χ1n) is 5.31. The van der Waals surface area contributed by atoms with Crippen molar-refractivity contribution in [3.63, 3.8) is 0 Å². The van der Waals surface area contributed by atoms with E-state index in [0.717, 1.165) is 36.4 Å². The molecule has 1 aromatic carbocycles. The number of halogens is 6. The summed E-state index contributed by atoms with van der Waals surface area (Å²) in [4.78, 5) is 10.2. The quantitative estimate of drug-likeness (QED) is 0.666. The van der Waals surface area contributed by atoms with E-state index in [0.29, 0.717) is 0 Å². The summed E-state index contributed by atoms with van der Waals surface area (Å²) in [6, 6.07) is 3.95. The Labute approximate surface area is 114 Å². The summed E-state index contributed by atoms with van der Waals surface area (Å²) in [6.07, 6.45) is -13.4. The van der Waals surface area contributed by atoms with E-state index in [9.17, 15) is 31.1 Å². The van der Waals surface area contributed by atoms with Gasteiger partial charge in [0.1, 0.15) is 5.75 Å². The Hall–Kier alpha value is -2.19. The van der Waals surface area contributed by atoms with Crippen LogP contribution in [0.25, 0.3) is 6.08 Å². The fourth-order valence-corrected chi connectivity index (χ4v) is 1.21. The Balaban J connectivity index is 2.82. The maximum absolute atomic E-state index is 12.9. The van der Waals surface area contributed by atoms with E-state index < -0.39 is 30.2 Å². The summed E-state index contributed by atoms with van der Waals surface area (Å²) in [5.74, 6) is -1.94. The van der Waals surface area contributed by atoms with Crippen molar-refractivity contribution < 1.29 is 41.0 Å². The zero-order valence-corrected chi connectivity index (χ0v) is 10.1. The number of carboxylic acid groups (broad SMARTS) is 1. The first-order chi connectivity index (χ1) is 9.52. The summed E-state index contributed by atoms with van der Waals surface area (Å²) < 4.78 is 77.8. The van der Waals surface area contributed by atoms with Gasteiger partial charge in [0.2, 0.25) is 0 Å². The Kier molecular flexibility index (Phi) is 4.87. The van der Waals surface area contributed by atoms with Crippen molar-refractivity contribution in [1.82, 2.24) is 0 Å². The van der Waals surface area contributed by atoms with E-state index >= 15 is 0 Å². The molecule has 0 aliphatic carbocycles.